The summed E-state index contributed by atoms with van der Waals surface area (Å²) in [6, 6.07) is 18.1. The summed E-state index contributed by atoms with van der Waals surface area (Å²) in [5.74, 6) is 1.31. The third-order valence-electron chi connectivity index (χ3n) is 5.03. The van der Waals surface area contributed by atoms with Gasteiger partial charge in [0, 0.05) is 18.8 Å². The number of nitrogens with zero attached hydrogens (tertiary/aromatic N) is 2. The van der Waals surface area contributed by atoms with Gasteiger partial charge in [0.05, 0.1) is 12.3 Å². The van der Waals surface area contributed by atoms with E-state index in [9.17, 15) is 9.59 Å². The van der Waals surface area contributed by atoms with Gasteiger partial charge in [-0.15, -0.1) is 11.8 Å². The van der Waals surface area contributed by atoms with Crippen LogP contribution in [-0.4, -0.2) is 52.4 Å². The lowest BCUT2D eigenvalue weighted by Gasteiger charge is -2.29. The van der Waals surface area contributed by atoms with Gasteiger partial charge in [0.2, 0.25) is 11.8 Å². The van der Waals surface area contributed by atoms with Crippen LogP contribution >= 0.6 is 11.8 Å². The van der Waals surface area contributed by atoms with E-state index in [2.05, 4.69) is 12.1 Å². The average Bonchev–Trinajstić information content (AvgIpc) is 3.18. The SMILES string of the molecule is CC(C)N(C)C(=O)C1CSCN1C(=O)Cc1ccc(-c2ccccc2)cc1. The van der Waals surface area contributed by atoms with E-state index in [1.165, 1.54) is 0 Å². The Balaban J connectivity index is 1.67. The van der Waals surface area contributed by atoms with Crippen LogP contribution in [0, 0.1) is 0 Å². The van der Waals surface area contributed by atoms with Crippen molar-refractivity contribution < 1.29 is 9.59 Å². The molecule has 0 aromatic heterocycles. The van der Waals surface area contributed by atoms with Crippen molar-refractivity contribution in [3.05, 3.63) is 60.2 Å². The van der Waals surface area contributed by atoms with Crippen molar-refractivity contribution in [3.8, 4) is 11.1 Å². The van der Waals surface area contributed by atoms with Gasteiger partial charge in [-0.25, -0.2) is 0 Å². The predicted octanol–water partition coefficient (Wildman–Crippen LogP) is 3.66. The van der Waals surface area contributed by atoms with Crippen LogP contribution in [0.3, 0.4) is 0 Å². The molecule has 1 fully saturated rings. The minimum absolute atomic E-state index is 0.0166. The van der Waals surface area contributed by atoms with Crippen molar-refractivity contribution in [2.75, 3.05) is 18.7 Å². The molecule has 1 saturated heterocycles. The van der Waals surface area contributed by atoms with Crippen LogP contribution in [0.4, 0.5) is 0 Å². The first-order chi connectivity index (χ1) is 13.0. The normalized spacial score (nSPS) is 16.6. The lowest BCUT2D eigenvalue weighted by Crippen LogP contribution is -2.49. The van der Waals surface area contributed by atoms with Gasteiger partial charge in [-0.2, -0.15) is 0 Å². The largest absolute Gasteiger partial charge is 0.342 e. The van der Waals surface area contributed by atoms with Gasteiger partial charge in [-0.3, -0.25) is 9.59 Å². The van der Waals surface area contributed by atoms with Crippen LogP contribution in [0.25, 0.3) is 11.1 Å². The summed E-state index contributed by atoms with van der Waals surface area (Å²) in [6.07, 6.45) is 0.324. The summed E-state index contributed by atoms with van der Waals surface area (Å²) in [5.41, 5.74) is 3.27. The highest BCUT2D eigenvalue weighted by Gasteiger charge is 2.36. The average molecular weight is 383 g/mol. The van der Waals surface area contributed by atoms with Gasteiger partial charge in [-0.05, 0) is 30.5 Å². The predicted molar refractivity (Wildman–Crippen MR) is 111 cm³/mol. The Morgan fingerprint density at radius 2 is 1.70 bits per heavy atom. The molecular formula is C22H26N2O2S. The highest BCUT2D eigenvalue weighted by Crippen LogP contribution is 2.25. The van der Waals surface area contributed by atoms with Gasteiger partial charge >= 0.3 is 0 Å². The number of hydrogen-bond acceptors (Lipinski definition) is 3. The quantitative estimate of drug-likeness (QED) is 0.792. The van der Waals surface area contributed by atoms with Gasteiger partial charge in [0.25, 0.3) is 0 Å². The molecule has 1 unspecified atom stereocenters. The van der Waals surface area contributed by atoms with Crippen molar-refractivity contribution in [3.63, 3.8) is 0 Å². The highest BCUT2D eigenvalue weighted by atomic mass is 32.2. The van der Waals surface area contributed by atoms with Crippen LogP contribution in [0.2, 0.25) is 0 Å². The number of rotatable bonds is 5. The van der Waals surface area contributed by atoms with E-state index in [1.807, 2.05) is 56.3 Å². The Kier molecular flexibility index (Phi) is 6.22. The molecule has 0 radical (unpaired) electrons. The second kappa shape index (κ2) is 8.61. The molecule has 2 aromatic rings. The van der Waals surface area contributed by atoms with Crippen molar-refractivity contribution in [2.24, 2.45) is 0 Å². The molecule has 2 amide bonds. The molecule has 5 heteroatoms. The minimum atomic E-state index is -0.349. The van der Waals surface area contributed by atoms with E-state index in [-0.39, 0.29) is 23.9 Å². The molecule has 27 heavy (non-hydrogen) atoms. The molecular weight excluding hydrogens is 356 g/mol. The summed E-state index contributed by atoms with van der Waals surface area (Å²) < 4.78 is 0. The smallest absolute Gasteiger partial charge is 0.246 e. The zero-order chi connectivity index (χ0) is 19.4. The first kappa shape index (κ1) is 19.5. The fourth-order valence-electron chi connectivity index (χ4n) is 3.10. The van der Waals surface area contributed by atoms with E-state index < -0.39 is 0 Å². The molecule has 0 aliphatic carbocycles. The summed E-state index contributed by atoms with van der Waals surface area (Å²) in [4.78, 5) is 29.0. The molecule has 142 valence electrons. The van der Waals surface area contributed by atoms with Crippen LogP contribution in [0.15, 0.2) is 54.6 Å². The lowest BCUT2D eigenvalue weighted by molar-refractivity contribution is -0.143. The first-order valence-corrected chi connectivity index (χ1v) is 10.4. The number of hydrogen-bond donors (Lipinski definition) is 0. The molecule has 0 spiro atoms. The van der Waals surface area contributed by atoms with E-state index in [4.69, 9.17) is 0 Å². The Bertz CT molecular complexity index is 790. The van der Waals surface area contributed by atoms with E-state index in [0.717, 1.165) is 16.7 Å². The monoisotopic (exact) mass is 382 g/mol. The summed E-state index contributed by atoms with van der Waals surface area (Å²) >= 11 is 1.64. The number of benzene rings is 2. The van der Waals surface area contributed by atoms with Gasteiger partial charge in [-0.1, -0.05) is 54.6 Å². The highest BCUT2D eigenvalue weighted by molar-refractivity contribution is 7.99. The second-order valence-electron chi connectivity index (χ2n) is 7.16. The summed E-state index contributed by atoms with van der Waals surface area (Å²) in [5, 5.41) is 0. The maximum Gasteiger partial charge on any atom is 0.246 e. The maximum atomic E-state index is 12.8. The first-order valence-electron chi connectivity index (χ1n) is 9.25. The fourth-order valence-corrected chi connectivity index (χ4v) is 4.28. The Hall–Kier alpha value is -2.27. The minimum Gasteiger partial charge on any atom is -0.342 e. The Labute approximate surface area is 165 Å². The van der Waals surface area contributed by atoms with Crippen LogP contribution in [0.1, 0.15) is 19.4 Å². The molecule has 1 aliphatic rings. The third kappa shape index (κ3) is 4.53. The lowest BCUT2D eigenvalue weighted by atomic mass is 10.0. The van der Waals surface area contributed by atoms with Crippen molar-refractivity contribution in [1.29, 1.82) is 0 Å². The fraction of sp³-hybridized carbons (Fsp3) is 0.364. The number of thioether (sulfide) groups is 1. The number of likely N-dealkylation sites (N-methyl/N-ethyl adjacent to an activating group) is 1. The van der Waals surface area contributed by atoms with Gasteiger partial charge in [0.1, 0.15) is 6.04 Å². The second-order valence-corrected chi connectivity index (χ2v) is 8.16. The Morgan fingerprint density at radius 1 is 1.07 bits per heavy atom. The molecule has 4 nitrogen and oxygen atoms in total. The molecule has 3 rings (SSSR count). The van der Waals surface area contributed by atoms with Crippen molar-refractivity contribution >= 4 is 23.6 Å². The van der Waals surface area contributed by atoms with E-state index in [1.54, 1.807) is 28.6 Å². The molecule has 0 bridgehead atoms. The molecule has 1 heterocycles. The number of amides is 2. The van der Waals surface area contributed by atoms with Crippen LogP contribution in [-0.2, 0) is 16.0 Å². The van der Waals surface area contributed by atoms with Crippen LogP contribution in [0.5, 0.6) is 0 Å². The number of carbonyl (C=O) groups excluding carboxylic acids is 2. The Morgan fingerprint density at radius 3 is 2.33 bits per heavy atom. The van der Waals surface area contributed by atoms with Gasteiger partial charge < -0.3 is 9.80 Å². The van der Waals surface area contributed by atoms with E-state index in [0.29, 0.717) is 18.1 Å². The zero-order valence-corrected chi connectivity index (χ0v) is 16.9. The standard InChI is InChI=1S/C22H26N2O2S/c1-16(2)23(3)22(26)20-14-27-15-24(20)21(25)13-17-9-11-19(12-10-17)18-7-5-4-6-8-18/h4-12,16,20H,13-15H2,1-3H3. The van der Waals surface area contributed by atoms with Crippen LogP contribution < -0.4 is 0 Å². The third-order valence-corrected chi connectivity index (χ3v) is 6.04. The van der Waals surface area contributed by atoms with E-state index >= 15 is 0 Å². The molecule has 2 aromatic carbocycles. The summed E-state index contributed by atoms with van der Waals surface area (Å²) in [6.45, 7) is 3.97. The molecule has 1 atom stereocenters. The summed E-state index contributed by atoms with van der Waals surface area (Å²) in [7, 11) is 1.81. The molecule has 0 N–H and O–H groups in total. The molecule has 1 aliphatic heterocycles. The van der Waals surface area contributed by atoms with Gasteiger partial charge in [0.15, 0.2) is 0 Å². The zero-order valence-electron chi connectivity index (χ0n) is 16.1. The topological polar surface area (TPSA) is 40.6 Å². The number of carbonyl (C=O) groups is 2. The molecule has 0 saturated carbocycles. The van der Waals surface area contributed by atoms with Crippen molar-refractivity contribution in [2.45, 2.75) is 32.4 Å². The maximum absolute atomic E-state index is 12.8. The van der Waals surface area contributed by atoms with Crippen molar-refractivity contribution in [1.82, 2.24) is 9.80 Å².